The SMILES string of the molecule is CC(=O)/C=C1/N(CCc2c[nH]c3ccccc23)CCC1(C)C(C)=O. The van der Waals surface area contributed by atoms with Crippen LogP contribution in [0.3, 0.4) is 0 Å². The molecule has 1 unspecified atom stereocenters. The monoisotopic (exact) mass is 324 g/mol. The zero-order chi connectivity index (χ0) is 17.3. The Morgan fingerprint density at radius 1 is 1.29 bits per heavy atom. The van der Waals surface area contributed by atoms with Gasteiger partial charge in [0.1, 0.15) is 5.78 Å². The Morgan fingerprint density at radius 3 is 2.75 bits per heavy atom. The molecule has 0 aliphatic carbocycles. The maximum absolute atomic E-state index is 12.1. The first-order chi connectivity index (χ1) is 11.4. The van der Waals surface area contributed by atoms with E-state index in [1.165, 1.54) is 10.9 Å². The summed E-state index contributed by atoms with van der Waals surface area (Å²) in [5, 5.41) is 1.24. The number of Topliss-reactive ketones (excluding diaryl/α,β-unsaturated/α-hetero) is 1. The van der Waals surface area contributed by atoms with Crippen molar-refractivity contribution in [2.24, 2.45) is 5.41 Å². The maximum Gasteiger partial charge on any atom is 0.154 e. The first kappa shape index (κ1) is 16.5. The molecule has 2 heterocycles. The molecule has 1 aromatic heterocycles. The largest absolute Gasteiger partial charge is 0.374 e. The highest BCUT2D eigenvalue weighted by Gasteiger charge is 2.42. The Balaban J connectivity index is 1.81. The Hall–Kier alpha value is -2.36. The van der Waals surface area contributed by atoms with Crippen LogP contribution in [0.1, 0.15) is 32.8 Å². The number of rotatable bonds is 5. The summed E-state index contributed by atoms with van der Waals surface area (Å²) in [6.45, 7) is 6.75. The molecule has 1 aliphatic heterocycles. The van der Waals surface area contributed by atoms with E-state index in [1.807, 2.05) is 19.1 Å². The van der Waals surface area contributed by atoms with Crippen LogP contribution < -0.4 is 0 Å². The van der Waals surface area contributed by atoms with Gasteiger partial charge in [-0.15, -0.1) is 0 Å². The number of ketones is 2. The van der Waals surface area contributed by atoms with E-state index in [0.29, 0.717) is 0 Å². The fourth-order valence-corrected chi connectivity index (χ4v) is 3.58. The lowest BCUT2D eigenvalue weighted by atomic mass is 9.82. The highest BCUT2D eigenvalue weighted by atomic mass is 16.1. The van der Waals surface area contributed by atoms with E-state index in [9.17, 15) is 9.59 Å². The summed E-state index contributed by atoms with van der Waals surface area (Å²) in [5.41, 5.74) is 2.75. The van der Waals surface area contributed by atoms with Crippen molar-refractivity contribution in [2.75, 3.05) is 13.1 Å². The first-order valence-corrected chi connectivity index (χ1v) is 8.45. The van der Waals surface area contributed by atoms with Crippen molar-refractivity contribution >= 4 is 22.5 Å². The third-order valence-corrected chi connectivity index (χ3v) is 5.23. The molecule has 0 radical (unpaired) electrons. The van der Waals surface area contributed by atoms with Crippen LogP contribution in [0.2, 0.25) is 0 Å². The smallest absolute Gasteiger partial charge is 0.154 e. The summed E-state index contributed by atoms with van der Waals surface area (Å²) in [6, 6.07) is 8.26. The molecular weight excluding hydrogens is 300 g/mol. The molecule has 0 spiro atoms. The van der Waals surface area contributed by atoms with E-state index in [4.69, 9.17) is 0 Å². The summed E-state index contributed by atoms with van der Waals surface area (Å²) in [7, 11) is 0. The first-order valence-electron chi connectivity index (χ1n) is 8.45. The molecule has 1 N–H and O–H groups in total. The zero-order valence-corrected chi connectivity index (χ0v) is 14.6. The number of likely N-dealkylation sites (tertiary alicyclic amines) is 1. The molecule has 4 heteroatoms. The number of aromatic nitrogens is 1. The number of H-pyrrole nitrogens is 1. The van der Waals surface area contributed by atoms with Gasteiger partial charge in [-0.2, -0.15) is 0 Å². The molecule has 1 aromatic carbocycles. The summed E-state index contributed by atoms with van der Waals surface area (Å²) >= 11 is 0. The molecule has 1 atom stereocenters. The Labute approximate surface area is 142 Å². The number of nitrogens with one attached hydrogen (secondary N) is 1. The van der Waals surface area contributed by atoms with Crippen LogP contribution in [-0.2, 0) is 16.0 Å². The Morgan fingerprint density at radius 2 is 2.04 bits per heavy atom. The van der Waals surface area contributed by atoms with Crippen molar-refractivity contribution in [1.29, 1.82) is 0 Å². The Kier molecular flexibility index (Phi) is 4.31. The van der Waals surface area contributed by atoms with Crippen LogP contribution in [0, 0.1) is 5.41 Å². The normalized spacial score (nSPS) is 22.5. The molecule has 1 saturated heterocycles. The predicted molar refractivity (Wildman–Crippen MR) is 95.7 cm³/mol. The molecular formula is C20H24N2O2. The molecule has 24 heavy (non-hydrogen) atoms. The third-order valence-electron chi connectivity index (χ3n) is 5.23. The summed E-state index contributed by atoms with van der Waals surface area (Å²) < 4.78 is 0. The predicted octanol–water partition coefficient (Wildman–Crippen LogP) is 3.48. The number of carbonyl (C=O) groups is 2. The number of carbonyl (C=O) groups excluding carboxylic acids is 2. The van der Waals surface area contributed by atoms with Crippen LogP contribution in [0.25, 0.3) is 10.9 Å². The van der Waals surface area contributed by atoms with E-state index in [-0.39, 0.29) is 11.6 Å². The second-order valence-corrected chi connectivity index (χ2v) is 6.88. The highest BCUT2D eigenvalue weighted by Crippen LogP contribution is 2.41. The van der Waals surface area contributed by atoms with Gasteiger partial charge in [0, 0.05) is 42.0 Å². The lowest BCUT2D eigenvalue weighted by molar-refractivity contribution is -0.123. The highest BCUT2D eigenvalue weighted by molar-refractivity contribution is 5.92. The molecule has 0 bridgehead atoms. The van der Waals surface area contributed by atoms with Crippen molar-refractivity contribution in [3.63, 3.8) is 0 Å². The number of aromatic amines is 1. The van der Waals surface area contributed by atoms with Crippen molar-refractivity contribution in [3.05, 3.63) is 47.8 Å². The number of hydrogen-bond donors (Lipinski definition) is 1. The van der Waals surface area contributed by atoms with Gasteiger partial charge >= 0.3 is 0 Å². The average Bonchev–Trinajstić information content (AvgIpc) is 3.08. The number of nitrogens with zero attached hydrogens (tertiary/aromatic N) is 1. The summed E-state index contributed by atoms with van der Waals surface area (Å²) in [4.78, 5) is 29.3. The van der Waals surface area contributed by atoms with E-state index in [0.717, 1.165) is 37.1 Å². The zero-order valence-electron chi connectivity index (χ0n) is 14.6. The van der Waals surface area contributed by atoms with Gasteiger partial charge in [0.25, 0.3) is 0 Å². The standard InChI is InChI=1S/C20H24N2O2/c1-14(23)12-19-20(3,15(2)24)9-11-22(19)10-8-16-13-21-18-7-5-4-6-17(16)18/h4-7,12-13,21H,8-11H2,1-3H3/b19-12+. The minimum atomic E-state index is -0.536. The van der Waals surface area contributed by atoms with Crippen molar-refractivity contribution in [3.8, 4) is 0 Å². The van der Waals surface area contributed by atoms with E-state index < -0.39 is 5.41 Å². The molecule has 4 nitrogen and oxygen atoms in total. The van der Waals surface area contributed by atoms with Gasteiger partial charge in [-0.25, -0.2) is 0 Å². The van der Waals surface area contributed by atoms with Gasteiger partial charge in [0.2, 0.25) is 0 Å². The second-order valence-electron chi connectivity index (χ2n) is 6.88. The lowest BCUT2D eigenvalue weighted by Crippen LogP contribution is -2.30. The quantitative estimate of drug-likeness (QED) is 0.857. The fraction of sp³-hybridized carbons (Fsp3) is 0.400. The van der Waals surface area contributed by atoms with Gasteiger partial charge in [0.05, 0.1) is 5.41 Å². The number of para-hydroxylation sites is 1. The molecule has 3 rings (SSSR count). The van der Waals surface area contributed by atoms with Crippen LogP contribution in [0.15, 0.2) is 42.2 Å². The van der Waals surface area contributed by atoms with E-state index in [2.05, 4.69) is 28.2 Å². The number of allylic oxidation sites excluding steroid dienone is 2. The second kappa shape index (κ2) is 6.27. The van der Waals surface area contributed by atoms with Crippen LogP contribution in [0.5, 0.6) is 0 Å². The molecule has 126 valence electrons. The third kappa shape index (κ3) is 2.88. The molecule has 1 fully saturated rings. The van der Waals surface area contributed by atoms with Gasteiger partial charge in [0.15, 0.2) is 5.78 Å². The fourth-order valence-electron chi connectivity index (χ4n) is 3.58. The van der Waals surface area contributed by atoms with Crippen LogP contribution >= 0.6 is 0 Å². The van der Waals surface area contributed by atoms with Gasteiger partial charge < -0.3 is 9.88 Å². The van der Waals surface area contributed by atoms with Gasteiger partial charge in [-0.1, -0.05) is 18.2 Å². The lowest BCUT2D eigenvalue weighted by Gasteiger charge is -2.27. The Bertz CT molecular complexity index is 818. The molecule has 1 aliphatic rings. The van der Waals surface area contributed by atoms with Crippen LogP contribution in [0.4, 0.5) is 0 Å². The molecule has 2 aromatic rings. The summed E-state index contributed by atoms with van der Waals surface area (Å²) in [6.07, 6.45) is 5.35. The number of hydrogen-bond acceptors (Lipinski definition) is 3. The minimum absolute atomic E-state index is 0.00327. The van der Waals surface area contributed by atoms with Crippen molar-refractivity contribution in [2.45, 2.75) is 33.6 Å². The van der Waals surface area contributed by atoms with Gasteiger partial charge in [-0.3, -0.25) is 9.59 Å². The van der Waals surface area contributed by atoms with Gasteiger partial charge in [-0.05, 0) is 45.2 Å². The number of benzene rings is 1. The molecule has 0 saturated carbocycles. The topological polar surface area (TPSA) is 53.2 Å². The van der Waals surface area contributed by atoms with Crippen LogP contribution in [-0.4, -0.2) is 34.5 Å². The maximum atomic E-state index is 12.1. The van der Waals surface area contributed by atoms with E-state index >= 15 is 0 Å². The van der Waals surface area contributed by atoms with E-state index in [1.54, 1.807) is 19.9 Å². The van der Waals surface area contributed by atoms with Crippen molar-refractivity contribution < 1.29 is 9.59 Å². The van der Waals surface area contributed by atoms with Crippen molar-refractivity contribution in [1.82, 2.24) is 9.88 Å². The molecule has 0 amide bonds. The minimum Gasteiger partial charge on any atom is -0.374 e. The average molecular weight is 324 g/mol. The summed E-state index contributed by atoms with van der Waals surface area (Å²) in [5.74, 6) is 0.126. The number of fused-ring (bicyclic) bond motifs is 1.